The van der Waals surface area contributed by atoms with Crippen molar-refractivity contribution in [3.63, 3.8) is 0 Å². The van der Waals surface area contributed by atoms with Gasteiger partial charge in [-0.25, -0.2) is 0 Å². The third-order valence-corrected chi connectivity index (χ3v) is 4.74. The van der Waals surface area contributed by atoms with E-state index in [1.165, 1.54) is 11.8 Å². The van der Waals surface area contributed by atoms with E-state index in [-0.39, 0.29) is 24.1 Å². The third kappa shape index (κ3) is 5.32. The molecule has 7 nitrogen and oxygen atoms in total. The number of hydrogen-bond acceptors (Lipinski definition) is 6. The number of nitrogens with zero attached hydrogens (tertiary/aromatic N) is 3. The first-order valence-corrected chi connectivity index (χ1v) is 9.46. The number of nitrogens with one attached hydrogen (secondary N) is 1. The van der Waals surface area contributed by atoms with Crippen molar-refractivity contribution in [2.24, 2.45) is 7.05 Å². The lowest BCUT2D eigenvalue weighted by Crippen LogP contribution is -2.16. The summed E-state index contributed by atoms with van der Waals surface area (Å²) in [5.41, 5.74) is 1.93. The first-order valence-electron chi connectivity index (χ1n) is 8.47. The number of thioether (sulfide) groups is 1. The Labute approximate surface area is 157 Å². The second-order valence-corrected chi connectivity index (χ2v) is 6.96. The van der Waals surface area contributed by atoms with Crippen molar-refractivity contribution in [1.82, 2.24) is 14.8 Å². The Hall–Kier alpha value is -2.35. The number of amides is 1. The number of para-hydroxylation sites is 1. The molecular formula is C18H24N4O3S. The molecule has 0 aliphatic rings. The third-order valence-electron chi connectivity index (χ3n) is 3.72. The number of esters is 1. The molecule has 0 aliphatic carbocycles. The van der Waals surface area contributed by atoms with Gasteiger partial charge in [0.1, 0.15) is 12.2 Å². The molecular weight excluding hydrogens is 352 g/mol. The maximum absolute atomic E-state index is 12.3. The van der Waals surface area contributed by atoms with Gasteiger partial charge in [-0.3, -0.25) is 9.59 Å². The summed E-state index contributed by atoms with van der Waals surface area (Å²) in [5, 5.41) is 11.6. The van der Waals surface area contributed by atoms with E-state index in [0.717, 1.165) is 11.3 Å². The number of ether oxygens (including phenoxy) is 1. The van der Waals surface area contributed by atoms with Crippen molar-refractivity contribution in [1.29, 1.82) is 0 Å². The van der Waals surface area contributed by atoms with Crippen LogP contribution < -0.4 is 5.32 Å². The summed E-state index contributed by atoms with van der Waals surface area (Å²) >= 11 is 1.28. The highest BCUT2D eigenvalue weighted by Crippen LogP contribution is 2.24. The zero-order chi connectivity index (χ0) is 19.1. The summed E-state index contributed by atoms with van der Waals surface area (Å²) in [6.07, 6.45) is 0.0614. The number of aromatic nitrogens is 3. The first-order chi connectivity index (χ1) is 12.4. The monoisotopic (exact) mass is 376 g/mol. The molecule has 2 rings (SSSR count). The Bertz CT molecular complexity index is 774. The van der Waals surface area contributed by atoms with Crippen LogP contribution >= 0.6 is 11.8 Å². The van der Waals surface area contributed by atoms with Crippen molar-refractivity contribution in [2.75, 3.05) is 17.7 Å². The topological polar surface area (TPSA) is 86.1 Å². The first kappa shape index (κ1) is 20.0. The Kier molecular flexibility index (Phi) is 7.20. The second kappa shape index (κ2) is 9.38. The van der Waals surface area contributed by atoms with Crippen LogP contribution in [0.2, 0.25) is 0 Å². The minimum Gasteiger partial charge on any atom is -0.466 e. The molecule has 0 atom stereocenters. The van der Waals surface area contributed by atoms with E-state index in [4.69, 9.17) is 4.74 Å². The molecule has 0 aliphatic heterocycles. The normalized spacial score (nSPS) is 10.8. The lowest BCUT2D eigenvalue weighted by Gasteiger charge is -2.13. The van der Waals surface area contributed by atoms with Crippen LogP contribution in [0.15, 0.2) is 29.4 Å². The zero-order valence-electron chi connectivity index (χ0n) is 15.5. The van der Waals surface area contributed by atoms with Gasteiger partial charge < -0.3 is 14.6 Å². The van der Waals surface area contributed by atoms with E-state index >= 15 is 0 Å². The van der Waals surface area contributed by atoms with Gasteiger partial charge in [-0.15, -0.1) is 10.2 Å². The van der Waals surface area contributed by atoms with Crippen LogP contribution in [0.25, 0.3) is 0 Å². The van der Waals surface area contributed by atoms with Crippen molar-refractivity contribution < 1.29 is 14.3 Å². The van der Waals surface area contributed by atoms with Gasteiger partial charge in [0.15, 0.2) is 5.16 Å². The van der Waals surface area contributed by atoms with E-state index < -0.39 is 0 Å². The van der Waals surface area contributed by atoms with Crippen LogP contribution in [-0.2, 0) is 27.8 Å². The second-order valence-electron chi connectivity index (χ2n) is 6.02. The average molecular weight is 376 g/mol. The SMILES string of the molecule is CCOC(=O)Cc1nnc(SCC(=O)Nc2ccccc2C(C)C)n1C. The maximum atomic E-state index is 12.3. The quantitative estimate of drug-likeness (QED) is 0.563. The molecule has 0 saturated carbocycles. The summed E-state index contributed by atoms with van der Waals surface area (Å²) in [6, 6.07) is 7.78. The van der Waals surface area contributed by atoms with Crippen molar-refractivity contribution >= 4 is 29.3 Å². The molecule has 140 valence electrons. The molecule has 0 radical (unpaired) electrons. The fourth-order valence-electron chi connectivity index (χ4n) is 2.40. The number of rotatable bonds is 8. The minimum atomic E-state index is -0.345. The van der Waals surface area contributed by atoms with Crippen molar-refractivity contribution in [3.8, 4) is 0 Å². The molecule has 0 unspecified atom stereocenters. The van der Waals surface area contributed by atoms with Gasteiger partial charge in [-0.05, 0) is 24.5 Å². The van der Waals surface area contributed by atoms with Crippen LogP contribution in [0.4, 0.5) is 5.69 Å². The number of benzene rings is 1. The fraction of sp³-hybridized carbons (Fsp3) is 0.444. The van der Waals surface area contributed by atoms with E-state index in [9.17, 15) is 9.59 Å². The van der Waals surface area contributed by atoms with Crippen molar-refractivity contribution in [3.05, 3.63) is 35.7 Å². The molecule has 0 bridgehead atoms. The molecule has 2 aromatic rings. The number of hydrogen-bond donors (Lipinski definition) is 1. The lowest BCUT2D eigenvalue weighted by atomic mass is 10.0. The van der Waals surface area contributed by atoms with Crippen LogP contribution in [0.3, 0.4) is 0 Å². The Morgan fingerprint density at radius 1 is 1.27 bits per heavy atom. The number of carbonyl (C=O) groups excluding carboxylic acids is 2. The van der Waals surface area contributed by atoms with E-state index in [1.54, 1.807) is 18.5 Å². The van der Waals surface area contributed by atoms with Crippen molar-refractivity contribution in [2.45, 2.75) is 38.3 Å². The molecule has 1 heterocycles. The summed E-state index contributed by atoms with van der Waals surface area (Å²) in [7, 11) is 1.77. The lowest BCUT2D eigenvalue weighted by molar-refractivity contribution is -0.142. The standard InChI is InChI=1S/C18H24N4O3S/c1-5-25-17(24)10-15-20-21-18(22(15)4)26-11-16(23)19-14-9-7-6-8-13(14)12(2)3/h6-9,12H,5,10-11H2,1-4H3,(H,19,23). The van der Waals surface area contributed by atoms with Crippen LogP contribution in [-0.4, -0.2) is 39.0 Å². The molecule has 1 amide bonds. The predicted octanol–water partition coefficient (Wildman–Crippen LogP) is 2.77. The van der Waals surface area contributed by atoms with Gasteiger partial charge in [-0.1, -0.05) is 43.8 Å². The minimum absolute atomic E-state index is 0.0614. The van der Waals surface area contributed by atoms with Gasteiger partial charge in [0.05, 0.1) is 12.4 Å². The number of carbonyl (C=O) groups is 2. The zero-order valence-corrected chi connectivity index (χ0v) is 16.3. The summed E-state index contributed by atoms with van der Waals surface area (Å²) in [4.78, 5) is 23.8. The Morgan fingerprint density at radius 3 is 2.69 bits per heavy atom. The average Bonchev–Trinajstić information content (AvgIpc) is 2.93. The van der Waals surface area contributed by atoms with Crippen LogP contribution in [0, 0.1) is 0 Å². The molecule has 0 saturated heterocycles. The molecule has 26 heavy (non-hydrogen) atoms. The van der Waals surface area contributed by atoms with Crippen LogP contribution in [0.5, 0.6) is 0 Å². The van der Waals surface area contributed by atoms with Crippen LogP contribution in [0.1, 0.15) is 38.1 Å². The molecule has 1 aromatic carbocycles. The van der Waals surface area contributed by atoms with E-state index in [0.29, 0.717) is 23.5 Å². The van der Waals surface area contributed by atoms with E-state index in [2.05, 4.69) is 29.4 Å². The number of anilines is 1. The largest absolute Gasteiger partial charge is 0.466 e. The van der Waals surface area contributed by atoms with Gasteiger partial charge in [0, 0.05) is 12.7 Å². The molecule has 1 aromatic heterocycles. The highest BCUT2D eigenvalue weighted by Gasteiger charge is 2.15. The highest BCUT2D eigenvalue weighted by molar-refractivity contribution is 7.99. The van der Waals surface area contributed by atoms with E-state index in [1.807, 2.05) is 24.3 Å². The smallest absolute Gasteiger partial charge is 0.313 e. The van der Waals surface area contributed by atoms with Gasteiger partial charge >= 0.3 is 5.97 Å². The summed E-state index contributed by atoms with van der Waals surface area (Å²) in [5.74, 6) is 0.582. The Balaban J connectivity index is 1.94. The van der Waals surface area contributed by atoms with Gasteiger partial charge in [0.2, 0.25) is 5.91 Å². The summed E-state index contributed by atoms with van der Waals surface area (Å²) in [6.45, 7) is 6.26. The molecule has 0 fully saturated rings. The molecule has 8 heteroatoms. The molecule has 1 N–H and O–H groups in total. The van der Waals surface area contributed by atoms with Gasteiger partial charge in [-0.2, -0.15) is 0 Å². The highest BCUT2D eigenvalue weighted by atomic mass is 32.2. The summed E-state index contributed by atoms with van der Waals surface area (Å²) < 4.78 is 6.62. The Morgan fingerprint density at radius 2 is 2.00 bits per heavy atom. The maximum Gasteiger partial charge on any atom is 0.313 e. The predicted molar refractivity (Wildman–Crippen MR) is 101 cm³/mol. The molecule has 0 spiro atoms. The van der Waals surface area contributed by atoms with Gasteiger partial charge in [0.25, 0.3) is 0 Å². The fourth-order valence-corrected chi connectivity index (χ4v) is 3.13.